The monoisotopic (exact) mass is 380 g/mol. The number of cyclic esters (lactones) is 1. The van der Waals surface area contributed by atoms with Crippen molar-refractivity contribution < 1.29 is 29.0 Å². The molecule has 0 unspecified atom stereocenters. The molecule has 0 bridgehead atoms. The molecule has 6 nitrogen and oxygen atoms in total. The number of rotatable bonds is 1. The molecule has 2 rings (SSSR count). The Morgan fingerprint density at radius 2 is 2.00 bits per heavy atom. The molecule has 7 heteroatoms. The van der Waals surface area contributed by atoms with E-state index in [9.17, 15) is 19.5 Å². The van der Waals surface area contributed by atoms with Gasteiger partial charge in [-0.3, -0.25) is 9.59 Å². The lowest BCUT2D eigenvalue weighted by Gasteiger charge is -2.18. The number of halogens is 1. The van der Waals surface area contributed by atoms with E-state index in [1.54, 1.807) is 13.0 Å². The summed E-state index contributed by atoms with van der Waals surface area (Å²) < 4.78 is 10.6. The van der Waals surface area contributed by atoms with Crippen LogP contribution >= 0.6 is 11.6 Å². The minimum Gasteiger partial charge on any atom is -0.506 e. The first kappa shape index (κ1) is 20.0. The summed E-state index contributed by atoms with van der Waals surface area (Å²) in [5.41, 5.74) is 0.163. The van der Waals surface area contributed by atoms with Crippen LogP contribution in [0.1, 0.15) is 48.5 Å². The molecule has 0 saturated heterocycles. The molecule has 0 aliphatic carbocycles. The highest BCUT2D eigenvalue weighted by atomic mass is 35.5. The summed E-state index contributed by atoms with van der Waals surface area (Å²) in [5, 5.41) is 9.89. The van der Waals surface area contributed by atoms with Gasteiger partial charge in [0.15, 0.2) is 5.78 Å². The predicted octanol–water partition coefficient (Wildman–Crippen LogP) is 3.41. The Hall–Kier alpha value is -2.34. The fourth-order valence-corrected chi connectivity index (χ4v) is 2.92. The van der Waals surface area contributed by atoms with Gasteiger partial charge in [-0.1, -0.05) is 17.7 Å². The van der Waals surface area contributed by atoms with E-state index in [0.717, 1.165) is 0 Å². The highest BCUT2D eigenvalue weighted by Gasteiger charge is 2.26. The maximum atomic E-state index is 12.7. The van der Waals surface area contributed by atoms with Gasteiger partial charge in [-0.05, 0) is 25.8 Å². The Morgan fingerprint density at radius 3 is 2.69 bits per heavy atom. The molecule has 1 aromatic rings. The van der Waals surface area contributed by atoms with Crippen LogP contribution in [0.5, 0.6) is 11.5 Å². The minimum atomic E-state index is -0.715. The molecule has 26 heavy (non-hydrogen) atoms. The van der Waals surface area contributed by atoms with Crippen LogP contribution in [0.2, 0.25) is 5.02 Å². The number of methoxy groups -OCH3 is 1. The van der Waals surface area contributed by atoms with E-state index in [1.165, 1.54) is 19.3 Å². The molecule has 0 spiro atoms. The highest BCUT2D eigenvalue weighted by molar-refractivity contribution is 6.33. The van der Waals surface area contributed by atoms with Gasteiger partial charge in [-0.2, -0.15) is 0 Å². The summed E-state index contributed by atoms with van der Waals surface area (Å²) in [6.45, 7) is 1.69. The fourth-order valence-electron chi connectivity index (χ4n) is 2.71. The zero-order valence-corrected chi connectivity index (χ0v) is 15.5. The van der Waals surface area contributed by atoms with Crippen molar-refractivity contribution >= 4 is 29.1 Å². The fraction of sp³-hybridized carbons (Fsp3) is 0.421. The lowest BCUT2D eigenvalue weighted by atomic mass is 9.99. The number of allylic oxidation sites excluding steroid dienone is 2. The first-order valence-electron chi connectivity index (χ1n) is 8.33. The second kappa shape index (κ2) is 8.85. The number of ether oxygens (including phenoxy) is 2. The number of fused-ring (bicyclic) bond motifs is 1. The number of hydrogen-bond donors (Lipinski definition) is 1. The average molecular weight is 381 g/mol. The smallest absolute Gasteiger partial charge is 0.342 e. The standard InChI is InChI=1S/C19H21ClO6/c1-11-7-8-12(21)5-3-4-6-13(22)9-14-17(19(24)26-11)16(25-2)10-15(23)18(14)20/h4,6,10-11,23H,3,5,7-9H2,1-2H3/t11-/m1/s1. The van der Waals surface area contributed by atoms with Crippen LogP contribution < -0.4 is 4.74 Å². The minimum absolute atomic E-state index is 0.00675. The zero-order chi connectivity index (χ0) is 19.3. The molecule has 0 fully saturated rings. The van der Waals surface area contributed by atoms with Crippen molar-refractivity contribution in [2.24, 2.45) is 0 Å². The summed E-state index contributed by atoms with van der Waals surface area (Å²) in [4.78, 5) is 36.7. The van der Waals surface area contributed by atoms with Gasteiger partial charge in [0.25, 0.3) is 0 Å². The second-order valence-electron chi connectivity index (χ2n) is 6.14. The molecule has 140 valence electrons. The molecule has 0 amide bonds. The quantitative estimate of drug-likeness (QED) is 0.751. The number of carbonyl (C=O) groups is 3. The SMILES string of the molecule is COc1cc(O)c(Cl)c2c1C(=O)O[C@H](C)CCC(=O)CCC=CC(=O)C2. The number of aromatic hydroxyl groups is 1. The average Bonchev–Trinajstić information content (AvgIpc) is 2.59. The van der Waals surface area contributed by atoms with Crippen molar-refractivity contribution in [3.8, 4) is 11.5 Å². The van der Waals surface area contributed by atoms with Gasteiger partial charge in [-0.15, -0.1) is 0 Å². The molecule has 1 aliphatic rings. The van der Waals surface area contributed by atoms with Crippen LogP contribution in [0.25, 0.3) is 0 Å². The molecule has 0 saturated carbocycles. The van der Waals surface area contributed by atoms with Gasteiger partial charge >= 0.3 is 5.97 Å². The van der Waals surface area contributed by atoms with Crippen LogP contribution in [0, 0.1) is 0 Å². The zero-order valence-electron chi connectivity index (χ0n) is 14.7. The highest BCUT2D eigenvalue weighted by Crippen LogP contribution is 2.37. The predicted molar refractivity (Wildman–Crippen MR) is 95.9 cm³/mol. The van der Waals surface area contributed by atoms with Crippen molar-refractivity contribution in [2.45, 2.75) is 45.1 Å². The number of Topliss-reactive ketones (excluding diaryl/α,β-unsaturated/α-hetero) is 1. The second-order valence-corrected chi connectivity index (χ2v) is 6.52. The first-order valence-corrected chi connectivity index (χ1v) is 8.71. The number of phenolic OH excluding ortho intramolecular Hbond substituents is 1. The Balaban J connectivity index is 2.50. The maximum Gasteiger partial charge on any atom is 0.342 e. The Labute approximate surface area is 156 Å². The number of esters is 1. The molecule has 1 atom stereocenters. The molecule has 0 radical (unpaired) electrons. The summed E-state index contributed by atoms with van der Waals surface area (Å²) in [6.07, 6.45) is 3.76. The Kier molecular flexibility index (Phi) is 6.80. The summed E-state index contributed by atoms with van der Waals surface area (Å²) >= 11 is 6.14. The van der Waals surface area contributed by atoms with Crippen LogP contribution in [0.3, 0.4) is 0 Å². The van der Waals surface area contributed by atoms with E-state index in [2.05, 4.69) is 0 Å². The van der Waals surface area contributed by atoms with E-state index < -0.39 is 12.1 Å². The van der Waals surface area contributed by atoms with E-state index in [-0.39, 0.29) is 52.1 Å². The van der Waals surface area contributed by atoms with Crippen molar-refractivity contribution in [3.63, 3.8) is 0 Å². The lowest BCUT2D eigenvalue weighted by molar-refractivity contribution is -0.119. The first-order chi connectivity index (χ1) is 12.3. The van der Waals surface area contributed by atoms with Crippen molar-refractivity contribution in [1.82, 2.24) is 0 Å². The third-order valence-electron chi connectivity index (χ3n) is 4.11. The van der Waals surface area contributed by atoms with Gasteiger partial charge < -0.3 is 14.6 Å². The third-order valence-corrected chi connectivity index (χ3v) is 4.53. The molecular weight excluding hydrogens is 360 g/mol. The molecule has 1 N–H and O–H groups in total. The van der Waals surface area contributed by atoms with Gasteiger partial charge in [0.05, 0.1) is 18.2 Å². The van der Waals surface area contributed by atoms with Gasteiger partial charge in [0, 0.05) is 30.9 Å². The van der Waals surface area contributed by atoms with E-state index in [0.29, 0.717) is 19.3 Å². The third kappa shape index (κ3) is 4.85. The molecule has 1 aliphatic heterocycles. The van der Waals surface area contributed by atoms with Gasteiger partial charge in [0.2, 0.25) is 0 Å². The molecule has 1 aromatic carbocycles. The number of benzene rings is 1. The van der Waals surface area contributed by atoms with E-state index in [4.69, 9.17) is 21.1 Å². The van der Waals surface area contributed by atoms with Crippen LogP contribution in [-0.2, 0) is 20.7 Å². The normalized spacial score (nSPS) is 19.5. The number of phenols is 1. The van der Waals surface area contributed by atoms with Crippen molar-refractivity contribution in [2.75, 3.05) is 7.11 Å². The van der Waals surface area contributed by atoms with E-state index >= 15 is 0 Å². The number of hydrogen-bond acceptors (Lipinski definition) is 6. The molecular formula is C19H21ClO6. The van der Waals surface area contributed by atoms with Gasteiger partial charge in [0.1, 0.15) is 22.8 Å². The van der Waals surface area contributed by atoms with Crippen molar-refractivity contribution in [1.29, 1.82) is 0 Å². The van der Waals surface area contributed by atoms with Crippen LogP contribution in [-0.4, -0.2) is 35.9 Å². The van der Waals surface area contributed by atoms with Crippen LogP contribution in [0.15, 0.2) is 18.2 Å². The topological polar surface area (TPSA) is 89.9 Å². The Morgan fingerprint density at radius 1 is 1.27 bits per heavy atom. The summed E-state index contributed by atoms with van der Waals surface area (Å²) in [5.74, 6) is -1.20. The molecule has 0 aromatic heterocycles. The number of ketones is 2. The number of carbonyl (C=O) groups excluding carboxylic acids is 3. The largest absolute Gasteiger partial charge is 0.506 e. The summed E-state index contributed by atoms with van der Waals surface area (Å²) in [7, 11) is 1.34. The summed E-state index contributed by atoms with van der Waals surface area (Å²) in [6, 6.07) is 1.21. The van der Waals surface area contributed by atoms with Gasteiger partial charge in [-0.25, -0.2) is 4.79 Å². The lowest BCUT2D eigenvalue weighted by Crippen LogP contribution is -2.19. The van der Waals surface area contributed by atoms with Crippen molar-refractivity contribution in [3.05, 3.63) is 34.4 Å². The van der Waals surface area contributed by atoms with Crippen LogP contribution in [0.4, 0.5) is 0 Å². The molecule has 1 heterocycles. The van der Waals surface area contributed by atoms with E-state index in [1.807, 2.05) is 0 Å². The maximum absolute atomic E-state index is 12.7. The Bertz CT molecular complexity index is 753.